The van der Waals surface area contributed by atoms with Crippen LogP contribution in [0, 0.1) is 0 Å². The number of carbonyl (C=O) groups is 1. The zero-order valence-corrected chi connectivity index (χ0v) is 20.7. The molecule has 0 aliphatic carbocycles. The predicted molar refractivity (Wildman–Crippen MR) is 137 cm³/mol. The third-order valence-corrected chi connectivity index (χ3v) is 4.70. The molecule has 0 atom stereocenters. The molecule has 0 aromatic heterocycles. The van der Waals surface area contributed by atoms with Crippen molar-refractivity contribution in [3.05, 3.63) is 65.7 Å². The van der Waals surface area contributed by atoms with E-state index in [0.29, 0.717) is 12.1 Å². The van der Waals surface area contributed by atoms with Crippen LogP contribution in [0.1, 0.15) is 28.8 Å². The molecular weight excluding hydrogens is 489 g/mol. The molecule has 0 spiro atoms. The number of amides is 1. The van der Waals surface area contributed by atoms with E-state index >= 15 is 0 Å². The quantitative estimate of drug-likeness (QED) is 0.228. The number of carbonyl (C=O) groups excluding carboxylic acids is 1. The fourth-order valence-corrected chi connectivity index (χ4v) is 2.92. The average Bonchev–Trinajstić information content (AvgIpc) is 2.75. The van der Waals surface area contributed by atoms with Crippen LogP contribution in [-0.4, -0.2) is 58.0 Å². The first kappa shape index (κ1) is 25.7. The summed E-state index contributed by atoms with van der Waals surface area (Å²) in [5.41, 5.74) is 3.05. The van der Waals surface area contributed by atoms with E-state index in [1.54, 1.807) is 26.0 Å². The lowest BCUT2D eigenvalue weighted by Gasteiger charge is -2.19. The van der Waals surface area contributed by atoms with Gasteiger partial charge in [-0.05, 0) is 42.7 Å². The highest BCUT2D eigenvalue weighted by Crippen LogP contribution is 2.11. The molecule has 6 nitrogen and oxygen atoms in total. The van der Waals surface area contributed by atoms with Gasteiger partial charge in [-0.2, -0.15) is 0 Å². The molecule has 0 aliphatic heterocycles. The van der Waals surface area contributed by atoms with Crippen molar-refractivity contribution in [2.45, 2.75) is 19.4 Å². The van der Waals surface area contributed by atoms with Gasteiger partial charge in [-0.1, -0.05) is 30.3 Å². The summed E-state index contributed by atoms with van der Waals surface area (Å²) in [4.78, 5) is 20.1. The van der Waals surface area contributed by atoms with Crippen molar-refractivity contribution in [3.8, 4) is 0 Å². The summed E-state index contributed by atoms with van der Waals surface area (Å²) in [6, 6.07) is 18.1. The highest BCUT2D eigenvalue weighted by atomic mass is 127. The molecule has 0 aliphatic rings. The number of hydrogen-bond donors (Lipinski definition) is 2. The second-order valence-corrected chi connectivity index (χ2v) is 7.21. The molecule has 30 heavy (non-hydrogen) atoms. The number of halogens is 1. The maximum atomic E-state index is 11.9. The number of nitrogens with zero attached hydrogens (tertiary/aromatic N) is 3. The van der Waals surface area contributed by atoms with Gasteiger partial charge >= 0.3 is 0 Å². The van der Waals surface area contributed by atoms with E-state index in [-0.39, 0.29) is 29.9 Å². The third-order valence-electron chi connectivity index (χ3n) is 4.70. The molecular formula is C23H34IN5O. The summed E-state index contributed by atoms with van der Waals surface area (Å²) >= 11 is 0. The van der Waals surface area contributed by atoms with E-state index in [4.69, 9.17) is 0 Å². The lowest BCUT2D eigenvalue weighted by molar-refractivity contribution is 0.0827. The Labute approximate surface area is 197 Å². The number of nitrogens with one attached hydrogen (secondary N) is 2. The Bertz CT molecular complexity index is 778. The summed E-state index contributed by atoms with van der Waals surface area (Å²) in [5, 5.41) is 6.67. The minimum Gasteiger partial charge on any atom is -0.375 e. The molecule has 0 fully saturated rings. The second-order valence-electron chi connectivity index (χ2n) is 7.21. The van der Waals surface area contributed by atoms with Crippen LogP contribution < -0.4 is 15.5 Å². The molecule has 2 rings (SSSR count). The van der Waals surface area contributed by atoms with Crippen molar-refractivity contribution >= 4 is 41.5 Å². The van der Waals surface area contributed by atoms with Gasteiger partial charge in [0.15, 0.2) is 5.96 Å². The normalized spacial score (nSPS) is 10.7. The van der Waals surface area contributed by atoms with Crippen LogP contribution in [-0.2, 0) is 6.54 Å². The van der Waals surface area contributed by atoms with Crippen molar-refractivity contribution in [2.24, 2.45) is 4.99 Å². The predicted octanol–water partition coefficient (Wildman–Crippen LogP) is 3.59. The van der Waals surface area contributed by atoms with Crippen LogP contribution in [0.4, 0.5) is 5.69 Å². The van der Waals surface area contributed by atoms with Gasteiger partial charge < -0.3 is 20.4 Å². The zero-order chi connectivity index (χ0) is 21.1. The lowest BCUT2D eigenvalue weighted by Crippen LogP contribution is -2.37. The number of unbranched alkanes of at least 4 members (excludes halogenated alkanes) is 1. The molecule has 0 unspecified atom stereocenters. The average molecular weight is 523 g/mol. The molecule has 0 saturated heterocycles. The van der Waals surface area contributed by atoms with E-state index in [2.05, 4.69) is 51.8 Å². The fraction of sp³-hybridized carbons (Fsp3) is 0.391. The minimum absolute atomic E-state index is 0. The maximum Gasteiger partial charge on any atom is 0.253 e. The van der Waals surface area contributed by atoms with Gasteiger partial charge in [0.05, 0.1) is 0 Å². The van der Waals surface area contributed by atoms with E-state index < -0.39 is 0 Å². The molecule has 2 aromatic rings. The number of guanidine groups is 1. The van der Waals surface area contributed by atoms with E-state index in [1.807, 2.05) is 30.3 Å². The van der Waals surface area contributed by atoms with Crippen LogP contribution in [0.15, 0.2) is 59.6 Å². The van der Waals surface area contributed by atoms with Crippen LogP contribution >= 0.6 is 24.0 Å². The van der Waals surface area contributed by atoms with Crippen molar-refractivity contribution < 1.29 is 4.79 Å². The summed E-state index contributed by atoms with van der Waals surface area (Å²) in [7, 11) is 7.41. The summed E-state index contributed by atoms with van der Waals surface area (Å²) in [6.45, 7) is 2.56. The number of anilines is 1. The maximum absolute atomic E-state index is 11.9. The van der Waals surface area contributed by atoms with Gasteiger partial charge in [0.2, 0.25) is 0 Å². The largest absolute Gasteiger partial charge is 0.375 e. The first-order valence-electron chi connectivity index (χ1n) is 10.0. The molecule has 0 radical (unpaired) electrons. The van der Waals surface area contributed by atoms with Gasteiger partial charge in [0.25, 0.3) is 5.91 Å². The SMILES string of the molecule is CN=C(NCCCCN(C)c1ccccc1)NCc1ccc(C(=O)N(C)C)cc1.I. The number of aliphatic imine (C=N–C) groups is 1. The molecule has 164 valence electrons. The Hall–Kier alpha value is -2.29. The second kappa shape index (κ2) is 13.8. The monoisotopic (exact) mass is 523 g/mol. The third kappa shape index (κ3) is 8.61. The van der Waals surface area contributed by atoms with Gasteiger partial charge in [0, 0.05) is 59.1 Å². The number of hydrogen-bond acceptors (Lipinski definition) is 3. The Morgan fingerprint density at radius 2 is 1.60 bits per heavy atom. The van der Waals surface area contributed by atoms with Crippen LogP contribution in [0.3, 0.4) is 0 Å². The zero-order valence-electron chi connectivity index (χ0n) is 18.4. The number of rotatable bonds is 9. The van der Waals surface area contributed by atoms with Crippen LogP contribution in [0.5, 0.6) is 0 Å². The van der Waals surface area contributed by atoms with Crippen molar-refractivity contribution in [2.75, 3.05) is 46.2 Å². The summed E-state index contributed by atoms with van der Waals surface area (Å²) < 4.78 is 0. The van der Waals surface area contributed by atoms with E-state index in [9.17, 15) is 4.79 Å². The minimum atomic E-state index is 0. The summed E-state index contributed by atoms with van der Waals surface area (Å²) in [6.07, 6.45) is 2.18. The van der Waals surface area contributed by atoms with E-state index in [0.717, 1.165) is 37.5 Å². The topological polar surface area (TPSA) is 60.0 Å². The Morgan fingerprint density at radius 1 is 0.933 bits per heavy atom. The molecule has 7 heteroatoms. The van der Waals surface area contributed by atoms with Gasteiger partial charge in [-0.3, -0.25) is 9.79 Å². The molecule has 0 heterocycles. The van der Waals surface area contributed by atoms with Crippen LogP contribution in [0.25, 0.3) is 0 Å². The van der Waals surface area contributed by atoms with Gasteiger partial charge in [0.1, 0.15) is 0 Å². The van der Waals surface area contributed by atoms with Gasteiger partial charge in [-0.15, -0.1) is 24.0 Å². The molecule has 2 aromatic carbocycles. The Balaban J connectivity index is 0.00000450. The van der Waals surface area contributed by atoms with Crippen molar-refractivity contribution in [1.29, 1.82) is 0 Å². The van der Waals surface area contributed by atoms with Gasteiger partial charge in [-0.25, -0.2) is 0 Å². The van der Waals surface area contributed by atoms with Crippen LogP contribution in [0.2, 0.25) is 0 Å². The Morgan fingerprint density at radius 3 is 2.20 bits per heavy atom. The Kier molecular flexibility index (Phi) is 11.9. The fourth-order valence-electron chi connectivity index (χ4n) is 2.92. The molecule has 0 bridgehead atoms. The number of para-hydroxylation sites is 1. The highest BCUT2D eigenvalue weighted by molar-refractivity contribution is 14.0. The molecule has 2 N–H and O–H groups in total. The lowest BCUT2D eigenvalue weighted by atomic mass is 10.1. The number of benzene rings is 2. The summed E-state index contributed by atoms with van der Waals surface area (Å²) in [5.74, 6) is 0.801. The van der Waals surface area contributed by atoms with E-state index in [1.165, 1.54) is 5.69 Å². The van der Waals surface area contributed by atoms with Crippen molar-refractivity contribution in [3.63, 3.8) is 0 Å². The first-order valence-corrected chi connectivity index (χ1v) is 10.0. The smallest absolute Gasteiger partial charge is 0.253 e. The highest BCUT2D eigenvalue weighted by Gasteiger charge is 2.07. The molecule has 0 saturated carbocycles. The van der Waals surface area contributed by atoms with Crippen molar-refractivity contribution in [1.82, 2.24) is 15.5 Å². The molecule has 1 amide bonds. The standard InChI is InChI=1S/C23H33N5O.HI/c1-24-23(25-16-8-9-17-28(4)21-10-6-5-7-11-21)26-18-19-12-14-20(15-13-19)22(29)27(2)3;/h5-7,10-15H,8-9,16-18H2,1-4H3,(H2,24,25,26);1H. The first-order chi connectivity index (χ1) is 14.0.